The lowest BCUT2D eigenvalue weighted by atomic mass is 10.2. The number of aromatic nitrogens is 2. The van der Waals surface area contributed by atoms with E-state index in [1.54, 1.807) is 6.26 Å². The van der Waals surface area contributed by atoms with Crippen LogP contribution in [0.5, 0.6) is 5.88 Å². The number of nitrogens with one attached hydrogen (secondary N) is 1. The third-order valence-corrected chi connectivity index (χ3v) is 2.90. The van der Waals surface area contributed by atoms with Gasteiger partial charge in [-0.15, -0.1) is 0 Å². The second-order valence-electron chi connectivity index (χ2n) is 5.09. The topological polar surface area (TPSA) is 86.2 Å². The number of hydrogen-bond donors (Lipinski definition) is 2. The van der Waals surface area contributed by atoms with Crippen LogP contribution in [0.25, 0.3) is 0 Å². The summed E-state index contributed by atoms with van der Waals surface area (Å²) in [6.07, 6.45) is 2.53. The molecular formula is C15H22N4O2. The van der Waals surface area contributed by atoms with E-state index in [9.17, 15) is 0 Å². The predicted octanol–water partition coefficient (Wildman–Crippen LogP) is 3.18. The monoisotopic (exact) mass is 290 g/mol. The first-order valence-electron chi connectivity index (χ1n) is 7.18. The van der Waals surface area contributed by atoms with Crippen molar-refractivity contribution in [1.29, 1.82) is 0 Å². The quantitative estimate of drug-likeness (QED) is 0.814. The Bertz CT molecular complexity index is 567. The zero-order valence-corrected chi connectivity index (χ0v) is 12.7. The van der Waals surface area contributed by atoms with Gasteiger partial charge in [-0.1, -0.05) is 20.8 Å². The fourth-order valence-corrected chi connectivity index (χ4v) is 1.75. The second kappa shape index (κ2) is 6.97. The largest absolute Gasteiger partial charge is 0.476 e. The van der Waals surface area contributed by atoms with E-state index in [0.717, 1.165) is 12.2 Å². The number of hydrogen-bond acceptors (Lipinski definition) is 6. The molecule has 6 nitrogen and oxygen atoms in total. The van der Waals surface area contributed by atoms with Crippen molar-refractivity contribution in [2.45, 2.75) is 39.7 Å². The van der Waals surface area contributed by atoms with Gasteiger partial charge in [0.05, 0.1) is 19.4 Å². The summed E-state index contributed by atoms with van der Waals surface area (Å²) < 4.78 is 10.9. The first-order chi connectivity index (χ1) is 10.1. The highest BCUT2D eigenvalue weighted by atomic mass is 16.5. The third-order valence-electron chi connectivity index (χ3n) is 2.90. The molecule has 0 atom stereocenters. The summed E-state index contributed by atoms with van der Waals surface area (Å²) in [6.45, 7) is 7.20. The van der Waals surface area contributed by atoms with Gasteiger partial charge in [0.15, 0.2) is 5.82 Å². The van der Waals surface area contributed by atoms with Gasteiger partial charge in [0.1, 0.15) is 17.3 Å². The number of rotatable bonds is 7. The van der Waals surface area contributed by atoms with Gasteiger partial charge < -0.3 is 20.2 Å². The Kier molecular flexibility index (Phi) is 5.03. The predicted molar refractivity (Wildman–Crippen MR) is 82.4 cm³/mol. The molecule has 2 aromatic heterocycles. The van der Waals surface area contributed by atoms with Crippen molar-refractivity contribution in [1.82, 2.24) is 9.97 Å². The number of nitrogen functional groups attached to an aromatic ring is 1. The van der Waals surface area contributed by atoms with E-state index >= 15 is 0 Å². The van der Waals surface area contributed by atoms with Crippen molar-refractivity contribution < 1.29 is 9.15 Å². The van der Waals surface area contributed by atoms with E-state index in [1.165, 1.54) is 0 Å². The molecule has 114 valence electrons. The number of anilines is 2. The van der Waals surface area contributed by atoms with E-state index in [1.807, 2.05) is 32.9 Å². The van der Waals surface area contributed by atoms with Crippen molar-refractivity contribution in [2.75, 3.05) is 17.7 Å². The van der Waals surface area contributed by atoms with Gasteiger partial charge in [0.25, 0.3) is 0 Å². The van der Waals surface area contributed by atoms with Crippen molar-refractivity contribution in [3.63, 3.8) is 0 Å². The number of furan rings is 1. The number of nitrogens with zero attached hydrogens (tertiary/aromatic N) is 2. The number of nitrogens with two attached hydrogens (primary N) is 1. The minimum Gasteiger partial charge on any atom is -0.476 e. The van der Waals surface area contributed by atoms with Crippen LogP contribution in [0.15, 0.2) is 22.8 Å². The molecule has 0 aliphatic carbocycles. The summed E-state index contributed by atoms with van der Waals surface area (Å²) in [5, 5.41) is 3.18. The fourth-order valence-electron chi connectivity index (χ4n) is 1.75. The molecule has 21 heavy (non-hydrogen) atoms. The SMILES string of the molecule is CCCOc1nc(C(C)C)nc(NCc2ccco2)c1N. The van der Waals surface area contributed by atoms with Gasteiger partial charge in [-0.25, -0.2) is 4.98 Å². The average Bonchev–Trinajstić information content (AvgIpc) is 2.98. The van der Waals surface area contributed by atoms with Crippen molar-refractivity contribution in [2.24, 2.45) is 0 Å². The van der Waals surface area contributed by atoms with E-state index in [-0.39, 0.29) is 5.92 Å². The maximum Gasteiger partial charge on any atom is 0.242 e. The molecule has 0 amide bonds. The molecule has 0 bridgehead atoms. The van der Waals surface area contributed by atoms with Crippen molar-refractivity contribution >= 4 is 11.5 Å². The Morgan fingerprint density at radius 1 is 1.38 bits per heavy atom. The zero-order valence-electron chi connectivity index (χ0n) is 12.7. The van der Waals surface area contributed by atoms with E-state index in [0.29, 0.717) is 36.4 Å². The highest BCUT2D eigenvalue weighted by Gasteiger charge is 2.15. The smallest absolute Gasteiger partial charge is 0.242 e. The van der Waals surface area contributed by atoms with Gasteiger partial charge in [-0.05, 0) is 18.6 Å². The van der Waals surface area contributed by atoms with E-state index in [4.69, 9.17) is 14.9 Å². The highest BCUT2D eigenvalue weighted by Crippen LogP contribution is 2.28. The molecule has 0 fully saturated rings. The lowest BCUT2D eigenvalue weighted by Crippen LogP contribution is -2.11. The highest BCUT2D eigenvalue weighted by molar-refractivity contribution is 5.67. The van der Waals surface area contributed by atoms with Gasteiger partial charge in [0.2, 0.25) is 5.88 Å². The van der Waals surface area contributed by atoms with Crippen LogP contribution in [0.3, 0.4) is 0 Å². The van der Waals surface area contributed by atoms with Gasteiger partial charge in [-0.3, -0.25) is 0 Å². The standard InChI is InChI=1S/C15H22N4O2/c1-4-7-21-15-12(16)14(18-13(19-15)10(2)3)17-9-11-6-5-8-20-11/h5-6,8,10H,4,7,9,16H2,1-3H3,(H,17,18,19). The second-order valence-corrected chi connectivity index (χ2v) is 5.09. The van der Waals surface area contributed by atoms with Gasteiger partial charge in [0, 0.05) is 5.92 Å². The van der Waals surface area contributed by atoms with Crippen LogP contribution < -0.4 is 15.8 Å². The van der Waals surface area contributed by atoms with Crippen LogP contribution in [-0.2, 0) is 6.54 Å². The molecule has 0 saturated carbocycles. The van der Waals surface area contributed by atoms with Gasteiger partial charge in [-0.2, -0.15) is 4.98 Å². The zero-order chi connectivity index (χ0) is 15.2. The average molecular weight is 290 g/mol. The summed E-state index contributed by atoms with van der Waals surface area (Å²) in [5.41, 5.74) is 6.52. The van der Waals surface area contributed by atoms with Crippen LogP contribution in [-0.4, -0.2) is 16.6 Å². The summed E-state index contributed by atoms with van der Waals surface area (Å²) in [7, 11) is 0. The maximum atomic E-state index is 6.09. The summed E-state index contributed by atoms with van der Waals surface area (Å²) in [6, 6.07) is 3.73. The molecule has 2 heterocycles. The molecule has 0 radical (unpaired) electrons. The maximum absolute atomic E-state index is 6.09. The first kappa shape index (κ1) is 15.2. The Labute approximate surface area is 124 Å². The van der Waals surface area contributed by atoms with Crippen molar-refractivity contribution in [3.05, 3.63) is 30.0 Å². The van der Waals surface area contributed by atoms with Crippen LogP contribution in [0.4, 0.5) is 11.5 Å². The molecule has 0 unspecified atom stereocenters. The van der Waals surface area contributed by atoms with E-state index in [2.05, 4.69) is 15.3 Å². The van der Waals surface area contributed by atoms with Crippen LogP contribution in [0.1, 0.15) is 44.7 Å². The molecule has 0 aliphatic rings. The summed E-state index contributed by atoms with van der Waals surface area (Å²) in [5.74, 6) is 2.74. The summed E-state index contributed by atoms with van der Waals surface area (Å²) >= 11 is 0. The molecule has 0 aliphatic heterocycles. The molecular weight excluding hydrogens is 268 g/mol. The van der Waals surface area contributed by atoms with E-state index < -0.39 is 0 Å². The molecule has 0 spiro atoms. The molecule has 2 aromatic rings. The lowest BCUT2D eigenvalue weighted by molar-refractivity contribution is 0.305. The minimum atomic E-state index is 0.193. The molecule has 3 N–H and O–H groups in total. The van der Waals surface area contributed by atoms with Crippen molar-refractivity contribution in [3.8, 4) is 5.88 Å². The third kappa shape index (κ3) is 3.87. The Hall–Kier alpha value is -2.24. The Morgan fingerprint density at radius 3 is 2.81 bits per heavy atom. The lowest BCUT2D eigenvalue weighted by Gasteiger charge is -2.14. The van der Waals surface area contributed by atoms with Crippen LogP contribution in [0, 0.1) is 0 Å². The fraction of sp³-hybridized carbons (Fsp3) is 0.467. The normalized spacial score (nSPS) is 10.9. The Morgan fingerprint density at radius 2 is 2.19 bits per heavy atom. The Balaban J connectivity index is 2.22. The number of ether oxygens (including phenoxy) is 1. The molecule has 0 saturated heterocycles. The summed E-state index contributed by atoms with van der Waals surface area (Å²) in [4.78, 5) is 8.86. The minimum absolute atomic E-state index is 0.193. The molecule has 0 aromatic carbocycles. The van der Waals surface area contributed by atoms with Crippen LogP contribution >= 0.6 is 0 Å². The molecule has 6 heteroatoms. The first-order valence-corrected chi connectivity index (χ1v) is 7.18. The molecule has 2 rings (SSSR count). The van der Waals surface area contributed by atoms with Gasteiger partial charge >= 0.3 is 0 Å². The van der Waals surface area contributed by atoms with Crippen LogP contribution in [0.2, 0.25) is 0 Å².